The summed E-state index contributed by atoms with van der Waals surface area (Å²) in [7, 11) is -2.97. The van der Waals surface area contributed by atoms with E-state index in [1.165, 1.54) is 12.3 Å². The van der Waals surface area contributed by atoms with Gasteiger partial charge in [-0.15, -0.1) is 0 Å². The molecule has 12 heteroatoms. The first-order valence-electron chi connectivity index (χ1n) is 15.9. The highest BCUT2D eigenvalue weighted by molar-refractivity contribution is 6.74. The van der Waals surface area contributed by atoms with Crippen molar-refractivity contribution in [2.75, 3.05) is 5.32 Å². The Morgan fingerprint density at radius 1 is 0.837 bits per heavy atom. The third-order valence-corrected chi connectivity index (χ3v) is 13.0. The number of amides is 2. The number of hydrogen-bond acceptors (Lipinski definition) is 5. The summed E-state index contributed by atoms with van der Waals surface area (Å²) in [5, 5.41) is 4.48. The number of ether oxygens (including phenoxy) is 1. The Morgan fingerprint density at radius 2 is 1.39 bits per heavy atom. The van der Waals surface area contributed by atoms with Gasteiger partial charge in [0, 0.05) is 11.8 Å². The minimum absolute atomic E-state index is 0.0399. The van der Waals surface area contributed by atoms with Crippen molar-refractivity contribution < 1.29 is 31.9 Å². The smallest absolute Gasteiger partial charge is 0.415 e. The average Bonchev–Trinajstić information content (AvgIpc) is 3.04. The van der Waals surface area contributed by atoms with Gasteiger partial charge in [-0.3, -0.25) is 14.9 Å². The fourth-order valence-corrected chi connectivity index (χ4v) is 6.17. The van der Waals surface area contributed by atoms with Gasteiger partial charge in [0.15, 0.2) is 14.4 Å². The second-order valence-electron chi connectivity index (χ2n) is 13.3. The van der Waals surface area contributed by atoms with Gasteiger partial charge in [0.2, 0.25) is 5.91 Å². The van der Waals surface area contributed by atoms with Crippen molar-refractivity contribution in [2.24, 2.45) is 0 Å². The normalized spacial score (nSPS) is 13.3. The Kier molecular flexibility index (Phi) is 11.9. The molecule has 1 aromatic heterocycles. The summed E-state index contributed by atoms with van der Waals surface area (Å²) in [6.45, 7) is 8.30. The van der Waals surface area contributed by atoms with E-state index in [-0.39, 0.29) is 18.7 Å². The number of nitrogens with zero attached hydrogens (tertiary/aromatic N) is 1. The number of halogens is 3. The molecule has 2 N–H and O–H groups in total. The lowest BCUT2D eigenvalue weighted by Crippen LogP contribution is -2.58. The van der Waals surface area contributed by atoms with Crippen LogP contribution in [0.3, 0.4) is 0 Å². The van der Waals surface area contributed by atoms with Crippen molar-refractivity contribution in [1.82, 2.24) is 9.88 Å². The fraction of sp³-hybridized carbons (Fsp3) is 0.324. The van der Waals surface area contributed by atoms with E-state index in [1.807, 2.05) is 32.9 Å². The number of alkyl halides is 3. The van der Waals surface area contributed by atoms with Gasteiger partial charge >= 0.3 is 12.3 Å². The van der Waals surface area contributed by atoms with Crippen molar-refractivity contribution in [3.05, 3.63) is 125 Å². The third-order valence-electron chi connectivity index (χ3n) is 8.52. The predicted octanol–water partition coefficient (Wildman–Crippen LogP) is 7.94. The standard InChI is InChI=1S/C37H42F3N3O5Si/c1-36(2,3)49(4,5)48-33(37(38,39)40)30(21-26-15-9-6-10-16-26)41-32(44)24-43-23-29(28-19-13-8-14-20-28)22-31(34(43)45)42-35(46)47-25-27-17-11-7-12-18-27/h6-20,22-23,30,33H,21,24-25H2,1-5H3,(H,41,44)(H,42,46). The van der Waals surface area contributed by atoms with Gasteiger partial charge in [-0.05, 0) is 47.3 Å². The number of carbonyl (C=O) groups is 2. The first kappa shape index (κ1) is 37.1. The van der Waals surface area contributed by atoms with E-state index in [9.17, 15) is 27.6 Å². The van der Waals surface area contributed by atoms with Crippen LogP contribution in [0.5, 0.6) is 0 Å². The molecule has 2 amide bonds. The van der Waals surface area contributed by atoms with Crippen molar-refractivity contribution in [3.63, 3.8) is 0 Å². The molecule has 0 fully saturated rings. The maximum Gasteiger partial charge on any atom is 0.415 e. The zero-order valence-corrected chi connectivity index (χ0v) is 29.2. The molecule has 0 spiro atoms. The van der Waals surface area contributed by atoms with E-state index in [0.29, 0.717) is 16.7 Å². The molecule has 8 nitrogen and oxygen atoms in total. The maximum absolute atomic E-state index is 14.8. The van der Waals surface area contributed by atoms with Crippen LogP contribution < -0.4 is 16.2 Å². The molecule has 3 aromatic carbocycles. The minimum Gasteiger partial charge on any atom is -0.444 e. The number of aromatic nitrogens is 1. The van der Waals surface area contributed by atoms with E-state index < -0.39 is 55.8 Å². The number of nitrogens with one attached hydrogen (secondary N) is 2. The molecule has 49 heavy (non-hydrogen) atoms. The summed E-state index contributed by atoms with van der Waals surface area (Å²) < 4.78 is 56.6. The predicted molar refractivity (Wildman–Crippen MR) is 187 cm³/mol. The Hall–Kier alpha value is -4.68. The van der Waals surface area contributed by atoms with Crippen LogP contribution in [0.4, 0.5) is 23.7 Å². The van der Waals surface area contributed by atoms with Crippen LogP contribution in [0, 0.1) is 0 Å². The van der Waals surface area contributed by atoms with Gasteiger partial charge in [-0.25, -0.2) is 4.79 Å². The molecule has 0 aliphatic carbocycles. The molecule has 0 aliphatic rings. The lowest BCUT2D eigenvalue weighted by atomic mass is 10.0. The van der Waals surface area contributed by atoms with Crippen LogP contribution in [0.1, 0.15) is 31.9 Å². The molecule has 0 radical (unpaired) electrons. The van der Waals surface area contributed by atoms with Gasteiger partial charge in [0.25, 0.3) is 5.56 Å². The Labute approximate surface area is 285 Å². The maximum atomic E-state index is 14.8. The van der Waals surface area contributed by atoms with Crippen molar-refractivity contribution in [3.8, 4) is 11.1 Å². The molecule has 4 aromatic rings. The van der Waals surface area contributed by atoms with Crippen LogP contribution in [0.25, 0.3) is 11.1 Å². The lowest BCUT2D eigenvalue weighted by Gasteiger charge is -2.42. The summed E-state index contributed by atoms with van der Waals surface area (Å²) in [5.41, 5.74) is 1.58. The van der Waals surface area contributed by atoms with Crippen LogP contribution in [-0.2, 0) is 33.5 Å². The summed E-state index contributed by atoms with van der Waals surface area (Å²) in [6.07, 6.45) is -6.73. The molecule has 2 unspecified atom stereocenters. The highest BCUT2D eigenvalue weighted by Crippen LogP contribution is 2.40. The molecule has 0 bridgehead atoms. The molecule has 2 atom stereocenters. The number of pyridine rings is 1. The van der Waals surface area contributed by atoms with Crippen molar-refractivity contribution >= 4 is 26.0 Å². The molecule has 260 valence electrons. The average molecular weight is 694 g/mol. The Bertz CT molecular complexity index is 1760. The molecule has 1 heterocycles. The number of benzene rings is 3. The van der Waals surface area contributed by atoms with Crippen molar-refractivity contribution in [2.45, 2.75) is 76.8 Å². The largest absolute Gasteiger partial charge is 0.444 e. The van der Waals surface area contributed by atoms with Gasteiger partial charge < -0.3 is 19.0 Å². The van der Waals surface area contributed by atoms with Crippen LogP contribution >= 0.6 is 0 Å². The van der Waals surface area contributed by atoms with Crippen LogP contribution in [-0.4, -0.2) is 43.2 Å². The molecule has 4 rings (SSSR count). The SMILES string of the molecule is CC(C)(C)[Si](C)(C)OC(C(Cc1ccccc1)NC(=O)Cn1cc(-c2ccccc2)cc(NC(=O)OCc2ccccc2)c1=O)C(F)(F)F. The summed E-state index contributed by atoms with van der Waals surface area (Å²) in [5.74, 6) is -0.834. The quantitative estimate of drug-likeness (QED) is 0.147. The van der Waals surface area contributed by atoms with E-state index in [4.69, 9.17) is 9.16 Å². The number of anilines is 1. The first-order valence-corrected chi connectivity index (χ1v) is 18.8. The van der Waals surface area contributed by atoms with Gasteiger partial charge in [-0.2, -0.15) is 13.2 Å². The highest BCUT2D eigenvalue weighted by Gasteiger charge is 2.51. The number of hydrogen-bond donors (Lipinski definition) is 2. The second-order valence-corrected chi connectivity index (χ2v) is 18.1. The van der Waals surface area contributed by atoms with Gasteiger partial charge in [-0.1, -0.05) is 112 Å². The second kappa shape index (κ2) is 15.7. The molecule has 0 saturated carbocycles. The van der Waals surface area contributed by atoms with E-state index >= 15 is 0 Å². The monoisotopic (exact) mass is 693 g/mol. The summed E-state index contributed by atoms with van der Waals surface area (Å²) in [6, 6.07) is 26.4. The van der Waals surface area contributed by atoms with Gasteiger partial charge in [0.05, 0.1) is 6.04 Å². The van der Waals surface area contributed by atoms with E-state index in [1.54, 1.807) is 92.0 Å². The number of carbonyl (C=O) groups excluding carboxylic acids is 2. The molecular formula is C37H42F3N3O5Si. The third kappa shape index (κ3) is 10.4. The Morgan fingerprint density at radius 3 is 1.94 bits per heavy atom. The fourth-order valence-electron chi connectivity index (χ4n) is 4.88. The van der Waals surface area contributed by atoms with Crippen molar-refractivity contribution in [1.29, 1.82) is 0 Å². The lowest BCUT2D eigenvalue weighted by molar-refractivity contribution is -0.206. The topological polar surface area (TPSA) is 98.7 Å². The number of rotatable bonds is 12. The Balaban J connectivity index is 1.65. The first-order chi connectivity index (χ1) is 23.0. The molecular weight excluding hydrogens is 652 g/mol. The zero-order valence-electron chi connectivity index (χ0n) is 28.2. The van der Waals surface area contributed by atoms with Crippen LogP contribution in [0.15, 0.2) is 108 Å². The molecule has 0 saturated heterocycles. The van der Waals surface area contributed by atoms with Gasteiger partial charge in [0.1, 0.15) is 18.8 Å². The summed E-state index contributed by atoms with van der Waals surface area (Å²) >= 11 is 0. The van der Waals surface area contributed by atoms with Crippen LogP contribution in [0.2, 0.25) is 18.1 Å². The van der Waals surface area contributed by atoms with E-state index in [0.717, 1.165) is 10.1 Å². The van der Waals surface area contributed by atoms with E-state index in [2.05, 4.69) is 10.6 Å². The summed E-state index contributed by atoms with van der Waals surface area (Å²) in [4.78, 5) is 39.9. The minimum atomic E-state index is -4.80. The molecule has 0 aliphatic heterocycles. The highest BCUT2D eigenvalue weighted by atomic mass is 28.4. The zero-order chi connectivity index (χ0) is 35.8.